The summed E-state index contributed by atoms with van der Waals surface area (Å²) in [6.07, 6.45) is 12.8. The first-order valence-corrected chi connectivity index (χ1v) is 8.21. The van der Waals surface area contributed by atoms with Crippen molar-refractivity contribution in [1.82, 2.24) is 4.90 Å². The van der Waals surface area contributed by atoms with Crippen LogP contribution in [0, 0.1) is 0 Å². The Kier molecular flexibility index (Phi) is 9.09. The number of unbranched alkanes of at least 4 members (excludes halogenated alkanes) is 9. The zero-order valence-electron chi connectivity index (χ0n) is 12.9. The van der Waals surface area contributed by atoms with Crippen LogP contribution in [-0.4, -0.2) is 36.5 Å². The topological polar surface area (TPSA) is 46.6 Å². The van der Waals surface area contributed by atoms with Gasteiger partial charge in [-0.3, -0.25) is 4.79 Å². The van der Waals surface area contributed by atoms with Crippen LogP contribution in [0.1, 0.15) is 71.1 Å². The minimum atomic E-state index is -0.691. The van der Waals surface area contributed by atoms with Crippen molar-refractivity contribution in [2.45, 2.75) is 71.1 Å². The average Bonchev–Trinajstić information content (AvgIpc) is 2.45. The second-order valence-corrected chi connectivity index (χ2v) is 5.61. The van der Waals surface area contributed by atoms with E-state index in [-0.39, 0.29) is 0 Å². The Morgan fingerprint density at radius 1 is 0.900 bits per heavy atom. The number of cyclic esters (lactones) is 1. The zero-order chi connectivity index (χ0) is 14.6. The molecule has 20 heavy (non-hydrogen) atoms. The van der Waals surface area contributed by atoms with Gasteiger partial charge in [0.2, 0.25) is 0 Å². The molecule has 1 amide bonds. The molecule has 0 radical (unpaired) electrons. The van der Waals surface area contributed by atoms with Crippen LogP contribution in [0.25, 0.3) is 0 Å². The molecule has 0 aromatic rings. The standard InChI is InChI=1S/C16H29NO3/c1-2-3-4-5-6-7-8-9-10-11-12-17-13-14-20-16(19)15(17)18/h2-14H2,1H3. The highest BCUT2D eigenvalue weighted by atomic mass is 16.5. The van der Waals surface area contributed by atoms with Crippen molar-refractivity contribution >= 4 is 11.9 Å². The van der Waals surface area contributed by atoms with Crippen LogP contribution >= 0.6 is 0 Å². The number of rotatable bonds is 11. The minimum absolute atomic E-state index is 0.350. The number of hydrogen-bond donors (Lipinski definition) is 0. The molecule has 0 unspecified atom stereocenters. The van der Waals surface area contributed by atoms with Crippen LogP contribution in [0.3, 0.4) is 0 Å². The molecule has 0 atom stereocenters. The molecule has 1 fully saturated rings. The van der Waals surface area contributed by atoms with Gasteiger partial charge < -0.3 is 9.64 Å². The van der Waals surface area contributed by atoms with Crippen molar-refractivity contribution < 1.29 is 14.3 Å². The molecule has 0 aromatic heterocycles. The number of carbonyl (C=O) groups excluding carboxylic acids is 2. The molecule has 0 bridgehead atoms. The summed E-state index contributed by atoms with van der Waals surface area (Å²) in [7, 11) is 0. The first kappa shape index (κ1) is 17.0. The number of ether oxygens (including phenoxy) is 1. The second kappa shape index (κ2) is 10.7. The molecule has 0 N–H and O–H groups in total. The van der Waals surface area contributed by atoms with E-state index in [0.717, 1.165) is 12.8 Å². The Labute approximate surface area is 122 Å². The van der Waals surface area contributed by atoms with Crippen molar-refractivity contribution in [3.05, 3.63) is 0 Å². The van der Waals surface area contributed by atoms with Gasteiger partial charge >= 0.3 is 11.9 Å². The molecule has 0 spiro atoms. The summed E-state index contributed by atoms with van der Waals surface area (Å²) in [5.74, 6) is -1.16. The number of morpholine rings is 1. The van der Waals surface area contributed by atoms with Gasteiger partial charge in [0.15, 0.2) is 0 Å². The van der Waals surface area contributed by atoms with Crippen molar-refractivity contribution in [3.8, 4) is 0 Å². The highest BCUT2D eigenvalue weighted by Crippen LogP contribution is 2.11. The Bertz CT molecular complexity index is 291. The molecule has 116 valence electrons. The molecule has 0 saturated carbocycles. The molecule has 0 aliphatic carbocycles. The van der Waals surface area contributed by atoms with E-state index in [1.165, 1.54) is 51.4 Å². The van der Waals surface area contributed by atoms with Gasteiger partial charge in [-0.2, -0.15) is 0 Å². The van der Waals surface area contributed by atoms with E-state index >= 15 is 0 Å². The molecule has 0 aromatic carbocycles. The molecular weight excluding hydrogens is 254 g/mol. The van der Waals surface area contributed by atoms with E-state index < -0.39 is 11.9 Å². The first-order chi connectivity index (χ1) is 9.75. The Balaban J connectivity index is 1.89. The van der Waals surface area contributed by atoms with Gasteiger partial charge in [-0.25, -0.2) is 4.79 Å². The summed E-state index contributed by atoms with van der Waals surface area (Å²) < 4.78 is 4.69. The Morgan fingerprint density at radius 2 is 1.45 bits per heavy atom. The molecule has 1 aliphatic rings. The third-order valence-electron chi connectivity index (χ3n) is 3.84. The lowest BCUT2D eigenvalue weighted by atomic mass is 10.1. The number of amides is 1. The maximum atomic E-state index is 11.5. The van der Waals surface area contributed by atoms with E-state index in [1.54, 1.807) is 4.90 Å². The maximum Gasteiger partial charge on any atom is 0.397 e. The zero-order valence-corrected chi connectivity index (χ0v) is 12.9. The number of hydrogen-bond acceptors (Lipinski definition) is 3. The fraction of sp³-hybridized carbons (Fsp3) is 0.875. The van der Waals surface area contributed by atoms with Crippen LogP contribution in [-0.2, 0) is 14.3 Å². The van der Waals surface area contributed by atoms with Crippen LogP contribution in [0.4, 0.5) is 0 Å². The van der Waals surface area contributed by atoms with E-state index in [9.17, 15) is 9.59 Å². The summed E-state index contributed by atoms with van der Waals surface area (Å²) in [6.45, 7) is 3.85. The Morgan fingerprint density at radius 3 is 2.05 bits per heavy atom. The van der Waals surface area contributed by atoms with Crippen molar-refractivity contribution in [1.29, 1.82) is 0 Å². The van der Waals surface area contributed by atoms with Crippen molar-refractivity contribution in [2.75, 3.05) is 19.7 Å². The normalized spacial score (nSPS) is 15.6. The van der Waals surface area contributed by atoms with E-state index in [1.807, 2.05) is 0 Å². The first-order valence-electron chi connectivity index (χ1n) is 8.21. The number of nitrogens with zero attached hydrogens (tertiary/aromatic N) is 1. The van der Waals surface area contributed by atoms with E-state index in [4.69, 9.17) is 0 Å². The predicted molar refractivity (Wildman–Crippen MR) is 79.4 cm³/mol. The molecule has 1 saturated heterocycles. The number of esters is 1. The lowest BCUT2D eigenvalue weighted by Crippen LogP contribution is -2.45. The Hall–Kier alpha value is -1.06. The summed E-state index contributed by atoms with van der Waals surface area (Å²) >= 11 is 0. The SMILES string of the molecule is CCCCCCCCCCCCN1CCOC(=O)C1=O. The third-order valence-corrected chi connectivity index (χ3v) is 3.84. The molecular formula is C16H29NO3. The molecule has 1 heterocycles. The van der Waals surface area contributed by atoms with E-state index in [2.05, 4.69) is 11.7 Å². The summed E-state index contributed by atoms with van der Waals surface area (Å²) in [6, 6.07) is 0. The highest BCUT2D eigenvalue weighted by Gasteiger charge is 2.27. The van der Waals surface area contributed by atoms with Gasteiger partial charge in [-0.15, -0.1) is 0 Å². The fourth-order valence-electron chi connectivity index (χ4n) is 2.54. The minimum Gasteiger partial charge on any atom is -0.457 e. The molecule has 1 rings (SSSR count). The van der Waals surface area contributed by atoms with Gasteiger partial charge in [-0.1, -0.05) is 64.7 Å². The summed E-state index contributed by atoms with van der Waals surface area (Å²) in [5, 5.41) is 0. The third kappa shape index (κ3) is 6.92. The van der Waals surface area contributed by atoms with Gasteiger partial charge in [0, 0.05) is 6.54 Å². The quantitative estimate of drug-likeness (QED) is 0.332. The van der Waals surface area contributed by atoms with E-state index in [0.29, 0.717) is 19.7 Å². The predicted octanol–water partition coefficient (Wildman–Crippen LogP) is 3.29. The summed E-state index contributed by atoms with van der Waals surface area (Å²) in [4.78, 5) is 24.2. The monoisotopic (exact) mass is 283 g/mol. The van der Waals surface area contributed by atoms with Crippen LogP contribution < -0.4 is 0 Å². The van der Waals surface area contributed by atoms with Gasteiger partial charge in [0.1, 0.15) is 6.61 Å². The smallest absolute Gasteiger partial charge is 0.397 e. The maximum absolute atomic E-state index is 11.5. The van der Waals surface area contributed by atoms with Crippen LogP contribution in [0.2, 0.25) is 0 Å². The molecule has 4 heteroatoms. The second-order valence-electron chi connectivity index (χ2n) is 5.61. The van der Waals surface area contributed by atoms with Crippen molar-refractivity contribution in [2.24, 2.45) is 0 Å². The molecule has 1 aliphatic heterocycles. The largest absolute Gasteiger partial charge is 0.457 e. The fourth-order valence-corrected chi connectivity index (χ4v) is 2.54. The highest BCUT2D eigenvalue weighted by molar-refractivity contribution is 6.32. The van der Waals surface area contributed by atoms with Gasteiger partial charge in [-0.05, 0) is 6.42 Å². The summed E-state index contributed by atoms with van der Waals surface area (Å²) in [5.41, 5.74) is 0. The average molecular weight is 283 g/mol. The lowest BCUT2D eigenvalue weighted by Gasteiger charge is -2.25. The molecule has 4 nitrogen and oxygen atoms in total. The van der Waals surface area contributed by atoms with Crippen LogP contribution in [0.15, 0.2) is 0 Å². The lowest BCUT2D eigenvalue weighted by molar-refractivity contribution is -0.166. The van der Waals surface area contributed by atoms with Crippen molar-refractivity contribution in [3.63, 3.8) is 0 Å². The number of carbonyl (C=O) groups is 2. The van der Waals surface area contributed by atoms with Gasteiger partial charge in [0.05, 0.1) is 6.54 Å². The van der Waals surface area contributed by atoms with Gasteiger partial charge in [0.25, 0.3) is 0 Å². The van der Waals surface area contributed by atoms with Crippen LogP contribution in [0.5, 0.6) is 0 Å².